The molecule has 0 saturated carbocycles. The van der Waals surface area contributed by atoms with Gasteiger partial charge in [0.15, 0.2) is 0 Å². The molecule has 0 aromatic heterocycles. The molecular weight excluding hydrogens is 122 g/mol. The minimum absolute atomic E-state index is 0.230. The zero-order valence-corrected chi connectivity index (χ0v) is 7.18. The molecule has 0 radical (unpaired) electrons. The van der Waals surface area contributed by atoms with Crippen LogP contribution in [-0.4, -0.2) is 0 Å². The molecule has 0 saturated heterocycles. The number of allylic oxidation sites excluding steroid dienone is 2. The van der Waals surface area contributed by atoms with Crippen LogP contribution in [0.2, 0.25) is 0 Å². The molecule has 0 aromatic rings. The third-order valence-corrected chi connectivity index (χ3v) is 1.91. The van der Waals surface area contributed by atoms with E-state index in [1.165, 1.54) is 0 Å². The van der Waals surface area contributed by atoms with Gasteiger partial charge >= 0.3 is 0 Å². The summed E-state index contributed by atoms with van der Waals surface area (Å²) >= 11 is 0. The fourth-order valence-electron chi connectivity index (χ4n) is 0.631. The summed E-state index contributed by atoms with van der Waals surface area (Å²) in [6.07, 6.45) is 4.05. The molecule has 0 aliphatic rings. The second-order valence-corrected chi connectivity index (χ2v) is 3.15. The molecule has 0 heterocycles. The van der Waals surface area contributed by atoms with Gasteiger partial charge in [-0.3, -0.25) is 0 Å². The van der Waals surface area contributed by atoms with Gasteiger partial charge in [-0.25, -0.2) is 0 Å². The fourth-order valence-corrected chi connectivity index (χ4v) is 0.631. The normalized spacial score (nSPS) is 15.1. The molecule has 1 nitrogen and oxygen atoms in total. The summed E-state index contributed by atoms with van der Waals surface area (Å²) in [4.78, 5) is 0. The van der Waals surface area contributed by atoms with Crippen molar-refractivity contribution >= 4 is 0 Å². The summed E-state index contributed by atoms with van der Waals surface area (Å²) in [5.41, 5.74) is -0.230. The van der Waals surface area contributed by atoms with Crippen LogP contribution in [0.1, 0.15) is 27.7 Å². The second kappa shape index (κ2) is 3.41. The average Bonchev–Trinajstić information content (AvgIpc) is 1.89. The van der Waals surface area contributed by atoms with Crippen LogP contribution in [0, 0.1) is 22.7 Å². The molecule has 0 aliphatic carbocycles. The Morgan fingerprint density at radius 3 is 2.30 bits per heavy atom. The summed E-state index contributed by atoms with van der Waals surface area (Å²) < 4.78 is 0. The van der Waals surface area contributed by atoms with Crippen molar-refractivity contribution in [3.05, 3.63) is 12.2 Å². The zero-order chi connectivity index (χ0) is 8.20. The Morgan fingerprint density at radius 1 is 1.50 bits per heavy atom. The zero-order valence-electron chi connectivity index (χ0n) is 7.18. The molecule has 0 rings (SSSR count). The Morgan fingerprint density at radius 2 is 2.00 bits per heavy atom. The van der Waals surface area contributed by atoms with Crippen LogP contribution in [0.4, 0.5) is 0 Å². The summed E-state index contributed by atoms with van der Waals surface area (Å²) in [5, 5.41) is 8.71. The molecule has 10 heavy (non-hydrogen) atoms. The first-order chi connectivity index (χ1) is 4.54. The van der Waals surface area contributed by atoms with E-state index < -0.39 is 0 Å². The van der Waals surface area contributed by atoms with Crippen molar-refractivity contribution in [2.24, 2.45) is 11.3 Å². The van der Waals surface area contributed by atoms with Gasteiger partial charge in [-0.2, -0.15) is 5.26 Å². The van der Waals surface area contributed by atoms with Crippen molar-refractivity contribution in [1.29, 1.82) is 5.26 Å². The Balaban J connectivity index is 4.21. The molecular formula is C9H15N. The van der Waals surface area contributed by atoms with Crippen LogP contribution in [0.5, 0.6) is 0 Å². The number of hydrogen-bond acceptors (Lipinski definition) is 1. The molecule has 1 unspecified atom stereocenters. The van der Waals surface area contributed by atoms with Crippen molar-refractivity contribution in [3.63, 3.8) is 0 Å². The standard InChI is InChI=1S/C9H15N/c1-5-6-8(2)9(3,4)7-10/h5-6,8H,1-4H3. The maximum absolute atomic E-state index is 8.71. The monoisotopic (exact) mass is 137 g/mol. The largest absolute Gasteiger partial charge is 0.198 e. The maximum Gasteiger partial charge on any atom is 0.0690 e. The van der Waals surface area contributed by atoms with Crippen LogP contribution in [0.25, 0.3) is 0 Å². The topological polar surface area (TPSA) is 23.8 Å². The lowest BCUT2D eigenvalue weighted by molar-refractivity contribution is 0.381. The van der Waals surface area contributed by atoms with Crippen molar-refractivity contribution in [2.45, 2.75) is 27.7 Å². The fraction of sp³-hybridized carbons (Fsp3) is 0.667. The van der Waals surface area contributed by atoms with Gasteiger partial charge in [0.1, 0.15) is 0 Å². The summed E-state index contributed by atoms with van der Waals surface area (Å²) in [6, 6.07) is 2.27. The van der Waals surface area contributed by atoms with E-state index in [1.54, 1.807) is 0 Å². The Kier molecular flexibility index (Phi) is 3.15. The van der Waals surface area contributed by atoms with Gasteiger partial charge in [-0.15, -0.1) is 0 Å². The molecule has 56 valence electrons. The molecule has 0 aliphatic heterocycles. The van der Waals surface area contributed by atoms with Crippen LogP contribution >= 0.6 is 0 Å². The van der Waals surface area contributed by atoms with Crippen LogP contribution in [-0.2, 0) is 0 Å². The highest BCUT2D eigenvalue weighted by Crippen LogP contribution is 2.25. The van der Waals surface area contributed by atoms with Gasteiger partial charge < -0.3 is 0 Å². The van der Waals surface area contributed by atoms with Gasteiger partial charge in [0.2, 0.25) is 0 Å². The highest BCUT2D eigenvalue weighted by molar-refractivity contribution is 5.02. The predicted molar refractivity (Wildman–Crippen MR) is 43.4 cm³/mol. The number of rotatable bonds is 2. The van der Waals surface area contributed by atoms with E-state index in [-0.39, 0.29) is 5.41 Å². The molecule has 0 N–H and O–H groups in total. The first-order valence-electron chi connectivity index (χ1n) is 3.58. The van der Waals surface area contributed by atoms with Gasteiger partial charge in [-0.1, -0.05) is 19.1 Å². The van der Waals surface area contributed by atoms with E-state index in [9.17, 15) is 0 Å². The van der Waals surface area contributed by atoms with E-state index in [0.29, 0.717) is 5.92 Å². The lowest BCUT2D eigenvalue weighted by Crippen LogP contribution is -2.16. The molecule has 1 heteroatoms. The minimum atomic E-state index is -0.230. The highest BCUT2D eigenvalue weighted by atomic mass is 14.3. The summed E-state index contributed by atoms with van der Waals surface area (Å²) in [6.45, 7) is 7.95. The first kappa shape index (κ1) is 9.23. The molecule has 0 bridgehead atoms. The van der Waals surface area contributed by atoms with E-state index in [1.807, 2.05) is 26.8 Å². The van der Waals surface area contributed by atoms with Crippen LogP contribution in [0.3, 0.4) is 0 Å². The van der Waals surface area contributed by atoms with E-state index in [0.717, 1.165) is 0 Å². The number of hydrogen-bond donors (Lipinski definition) is 0. The highest BCUT2D eigenvalue weighted by Gasteiger charge is 2.22. The number of nitriles is 1. The Hall–Kier alpha value is -0.770. The SMILES string of the molecule is CC=CC(C)C(C)(C)C#N. The van der Waals surface area contributed by atoms with Crippen molar-refractivity contribution in [2.75, 3.05) is 0 Å². The third-order valence-electron chi connectivity index (χ3n) is 1.91. The minimum Gasteiger partial charge on any atom is -0.198 e. The summed E-state index contributed by atoms with van der Waals surface area (Å²) in [5.74, 6) is 0.336. The molecule has 0 amide bonds. The van der Waals surface area contributed by atoms with Crippen LogP contribution in [0.15, 0.2) is 12.2 Å². The quantitative estimate of drug-likeness (QED) is 0.537. The van der Waals surface area contributed by atoms with Crippen molar-refractivity contribution in [3.8, 4) is 6.07 Å². The lowest BCUT2D eigenvalue weighted by atomic mass is 9.81. The van der Waals surface area contributed by atoms with E-state index in [2.05, 4.69) is 19.1 Å². The van der Waals surface area contributed by atoms with Crippen molar-refractivity contribution < 1.29 is 0 Å². The Bertz CT molecular complexity index is 160. The van der Waals surface area contributed by atoms with E-state index >= 15 is 0 Å². The summed E-state index contributed by atoms with van der Waals surface area (Å²) in [7, 11) is 0. The number of nitrogens with zero attached hydrogens (tertiary/aromatic N) is 1. The molecule has 0 aromatic carbocycles. The molecule has 0 fully saturated rings. The second-order valence-electron chi connectivity index (χ2n) is 3.15. The van der Waals surface area contributed by atoms with Gasteiger partial charge in [-0.05, 0) is 26.7 Å². The Labute approximate surface area is 63.4 Å². The van der Waals surface area contributed by atoms with Crippen molar-refractivity contribution in [1.82, 2.24) is 0 Å². The lowest BCUT2D eigenvalue weighted by Gasteiger charge is -2.20. The van der Waals surface area contributed by atoms with Gasteiger partial charge in [0.25, 0.3) is 0 Å². The first-order valence-corrected chi connectivity index (χ1v) is 3.58. The molecule has 1 atom stereocenters. The van der Waals surface area contributed by atoms with Crippen LogP contribution < -0.4 is 0 Å². The predicted octanol–water partition coefficient (Wildman–Crippen LogP) is 2.75. The third kappa shape index (κ3) is 2.23. The average molecular weight is 137 g/mol. The van der Waals surface area contributed by atoms with Gasteiger partial charge in [0, 0.05) is 0 Å². The smallest absolute Gasteiger partial charge is 0.0690 e. The van der Waals surface area contributed by atoms with Gasteiger partial charge in [0.05, 0.1) is 11.5 Å². The molecule has 0 spiro atoms. The van der Waals surface area contributed by atoms with E-state index in [4.69, 9.17) is 5.26 Å². The maximum atomic E-state index is 8.71.